The minimum Gasteiger partial charge on any atom is -0.304 e. The second kappa shape index (κ2) is 6.42. The van der Waals surface area contributed by atoms with Gasteiger partial charge in [-0.25, -0.2) is 4.18 Å². The van der Waals surface area contributed by atoms with E-state index in [1.165, 1.54) is 17.8 Å². The van der Waals surface area contributed by atoms with E-state index in [9.17, 15) is 13.0 Å². The third kappa shape index (κ3) is 3.61. The third-order valence-electron chi connectivity index (χ3n) is 1.68. The number of hydrogen-bond donors (Lipinski definition) is 0. The first kappa shape index (κ1) is 13.7. The number of rotatable bonds is 6. The van der Waals surface area contributed by atoms with Gasteiger partial charge < -0.3 is 4.52 Å². The molecule has 0 N–H and O–H groups in total. The van der Waals surface area contributed by atoms with Crippen LogP contribution >= 0.6 is 20.4 Å². The van der Waals surface area contributed by atoms with E-state index in [1.807, 2.05) is 0 Å². The first-order valence-electron chi connectivity index (χ1n) is 4.19. The van der Waals surface area contributed by atoms with E-state index in [2.05, 4.69) is 8.71 Å². The second-order valence-electron chi connectivity index (χ2n) is 2.60. The number of benzene rings is 1. The standard InChI is InChI=1S/C8H11O5PS2/c1-15-7-4-2-3-5-8(7)16(10,11)13-6-12-14-9/h2-5H,6,14H2,1H3. The molecule has 8 heteroatoms. The van der Waals surface area contributed by atoms with Gasteiger partial charge in [0.1, 0.15) is 4.90 Å². The summed E-state index contributed by atoms with van der Waals surface area (Å²) in [5.74, 6) is 0. The van der Waals surface area contributed by atoms with Crippen LogP contribution in [0.25, 0.3) is 0 Å². The molecule has 0 fully saturated rings. The van der Waals surface area contributed by atoms with Crippen molar-refractivity contribution in [3.63, 3.8) is 0 Å². The van der Waals surface area contributed by atoms with Gasteiger partial charge in [0.25, 0.3) is 10.1 Å². The molecular formula is C8H11O5PS2. The SMILES string of the molecule is CSc1ccccc1S(=O)(=O)OCO[PH2]=O. The van der Waals surface area contributed by atoms with Gasteiger partial charge in [-0.15, -0.1) is 11.8 Å². The van der Waals surface area contributed by atoms with Crippen LogP contribution in [0.3, 0.4) is 0 Å². The van der Waals surface area contributed by atoms with Gasteiger partial charge in [0.15, 0.2) is 15.5 Å². The molecule has 0 aliphatic carbocycles. The Kier molecular flexibility index (Phi) is 5.51. The van der Waals surface area contributed by atoms with Crippen LogP contribution in [-0.2, 0) is 23.4 Å². The molecule has 0 saturated heterocycles. The highest BCUT2D eigenvalue weighted by Gasteiger charge is 2.18. The molecule has 1 aromatic rings. The van der Waals surface area contributed by atoms with Gasteiger partial charge in [0.05, 0.1) is 0 Å². The van der Waals surface area contributed by atoms with E-state index < -0.39 is 25.6 Å². The van der Waals surface area contributed by atoms with Crippen molar-refractivity contribution in [2.75, 3.05) is 13.0 Å². The molecule has 0 spiro atoms. The van der Waals surface area contributed by atoms with Crippen molar-refractivity contribution in [1.29, 1.82) is 0 Å². The van der Waals surface area contributed by atoms with Gasteiger partial charge in [0.2, 0.25) is 0 Å². The van der Waals surface area contributed by atoms with E-state index in [4.69, 9.17) is 0 Å². The molecule has 5 nitrogen and oxygen atoms in total. The summed E-state index contributed by atoms with van der Waals surface area (Å²) in [7, 11) is -5.32. The van der Waals surface area contributed by atoms with Crippen molar-refractivity contribution in [2.24, 2.45) is 0 Å². The maximum Gasteiger partial charge on any atom is 0.300 e. The Balaban J connectivity index is 2.93. The van der Waals surface area contributed by atoms with Crippen LogP contribution < -0.4 is 0 Å². The zero-order valence-electron chi connectivity index (χ0n) is 8.45. The lowest BCUT2D eigenvalue weighted by Crippen LogP contribution is -2.08. The summed E-state index contributed by atoms with van der Waals surface area (Å²) in [5, 5.41) is 0. The topological polar surface area (TPSA) is 69.7 Å². The fraction of sp³-hybridized carbons (Fsp3) is 0.250. The zero-order chi connectivity index (χ0) is 12.0. The third-order valence-corrected chi connectivity index (χ3v) is 4.18. The molecule has 1 atom stereocenters. The Labute approximate surface area is 99.6 Å². The monoisotopic (exact) mass is 282 g/mol. The Bertz CT molecular complexity index is 459. The molecule has 0 heterocycles. The molecule has 0 aromatic heterocycles. The van der Waals surface area contributed by atoms with Crippen molar-refractivity contribution in [1.82, 2.24) is 0 Å². The summed E-state index contributed by atoms with van der Waals surface area (Å²) in [5.41, 5.74) is 0. The van der Waals surface area contributed by atoms with E-state index in [0.29, 0.717) is 4.90 Å². The Morgan fingerprint density at radius 2 is 2.06 bits per heavy atom. The van der Waals surface area contributed by atoms with Crippen LogP contribution in [0.4, 0.5) is 0 Å². The number of thioether (sulfide) groups is 1. The minimum atomic E-state index is -3.85. The lowest BCUT2D eigenvalue weighted by molar-refractivity contribution is 0.139. The maximum absolute atomic E-state index is 11.7. The summed E-state index contributed by atoms with van der Waals surface area (Å²) < 4.78 is 42.4. The summed E-state index contributed by atoms with van der Waals surface area (Å²) >= 11 is 1.31. The molecular weight excluding hydrogens is 271 g/mol. The number of hydrogen-bond acceptors (Lipinski definition) is 6. The molecule has 90 valence electrons. The van der Waals surface area contributed by atoms with Crippen LogP contribution in [0.5, 0.6) is 0 Å². The minimum absolute atomic E-state index is 0.0898. The highest BCUT2D eigenvalue weighted by Crippen LogP contribution is 2.25. The van der Waals surface area contributed by atoms with Gasteiger partial charge in [0, 0.05) is 4.90 Å². The lowest BCUT2D eigenvalue weighted by Gasteiger charge is -2.07. The lowest BCUT2D eigenvalue weighted by atomic mass is 10.4. The predicted octanol–water partition coefficient (Wildman–Crippen LogP) is 1.76. The smallest absolute Gasteiger partial charge is 0.300 e. The summed E-state index contributed by atoms with van der Waals surface area (Å²) in [4.78, 5) is 0.684. The van der Waals surface area contributed by atoms with Crippen molar-refractivity contribution in [3.05, 3.63) is 24.3 Å². The predicted molar refractivity (Wildman–Crippen MR) is 62.8 cm³/mol. The zero-order valence-corrected chi connectivity index (χ0v) is 11.2. The highest BCUT2D eigenvalue weighted by atomic mass is 32.2. The molecule has 1 unspecified atom stereocenters. The van der Waals surface area contributed by atoms with E-state index in [0.717, 1.165) is 0 Å². The van der Waals surface area contributed by atoms with Gasteiger partial charge in [-0.3, -0.25) is 4.57 Å². The van der Waals surface area contributed by atoms with E-state index in [1.54, 1.807) is 24.5 Å². The molecule has 0 bridgehead atoms. The molecule has 1 aromatic carbocycles. The Morgan fingerprint density at radius 3 is 2.69 bits per heavy atom. The quantitative estimate of drug-likeness (QED) is 0.260. The van der Waals surface area contributed by atoms with Crippen LogP contribution in [0, 0.1) is 0 Å². The molecule has 0 amide bonds. The van der Waals surface area contributed by atoms with Gasteiger partial charge in [-0.05, 0) is 18.4 Å². The van der Waals surface area contributed by atoms with Crippen molar-refractivity contribution in [2.45, 2.75) is 9.79 Å². The summed E-state index contributed by atoms with van der Waals surface area (Å²) in [6.07, 6.45) is 1.77. The van der Waals surface area contributed by atoms with Crippen LogP contribution in [0.1, 0.15) is 0 Å². The van der Waals surface area contributed by atoms with Gasteiger partial charge in [-0.2, -0.15) is 8.42 Å². The van der Waals surface area contributed by atoms with E-state index in [-0.39, 0.29) is 4.90 Å². The average Bonchev–Trinajstić information content (AvgIpc) is 2.29. The van der Waals surface area contributed by atoms with Crippen LogP contribution in [0.15, 0.2) is 34.1 Å². The normalized spacial score (nSPS) is 12.3. The van der Waals surface area contributed by atoms with Gasteiger partial charge >= 0.3 is 0 Å². The Hall–Kier alpha value is -0.330. The van der Waals surface area contributed by atoms with E-state index >= 15 is 0 Å². The Morgan fingerprint density at radius 1 is 1.38 bits per heavy atom. The first-order valence-corrected chi connectivity index (χ1v) is 7.77. The van der Waals surface area contributed by atoms with Crippen LogP contribution in [-0.4, -0.2) is 21.5 Å². The average molecular weight is 282 g/mol. The molecule has 16 heavy (non-hydrogen) atoms. The van der Waals surface area contributed by atoms with Crippen molar-refractivity contribution < 1.29 is 21.7 Å². The van der Waals surface area contributed by atoms with Crippen LogP contribution in [0.2, 0.25) is 0 Å². The molecule has 0 radical (unpaired) electrons. The summed E-state index contributed by atoms with van der Waals surface area (Å²) in [6.45, 7) is -0.524. The van der Waals surface area contributed by atoms with Gasteiger partial charge in [-0.1, -0.05) is 12.1 Å². The summed E-state index contributed by atoms with van der Waals surface area (Å²) in [6, 6.07) is 6.48. The molecule has 0 aliphatic heterocycles. The largest absolute Gasteiger partial charge is 0.304 e. The molecule has 0 aliphatic rings. The van der Waals surface area contributed by atoms with Crippen molar-refractivity contribution >= 4 is 30.6 Å². The fourth-order valence-corrected chi connectivity index (χ4v) is 3.14. The second-order valence-corrected chi connectivity index (χ2v) is 5.56. The highest BCUT2D eigenvalue weighted by molar-refractivity contribution is 7.99. The fourth-order valence-electron chi connectivity index (χ4n) is 1.01. The first-order chi connectivity index (χ1) is 7.61. The van der Waals surface area contributed by atoms with Crippen molar-refractivity contribution in [3.8, 4) is 0 Å². The molecule has 1 rings (SSSR count). The maximum atomic E-state index is 11.7. The molecule has 0 saturated carbocycles.